The first-order valence-electron chi connectivity index (χ1n) is 17.0. The summed E-state index contributed by atoms with van der Waals surface area (Å²) >= 11 is -3.54. The van der Waals surface area contributed by atoms with E-state index in [1.54, 1.807) is 3.59 Å². The second-order valence-electron chi connectivity index (χ2n) is 15.2. The minimum absolute atomic E-state index is 0.000119. The van der Waals surface area contributed by atoms with E-state index < -0.39 is 24.5 Å². The average Bonchev–Trinajstić information content (AvgIpc) is 3.04. The van der Waals surface area contributed by atoms with Gasteiger partial charge in [0, 0.05) is 0 Å². The molecule has 0 amide bonds. The molecule has 0 heterocycles. The third-order valence-electron chi connectivity index (χ3n) is 9.99. The standard InChI is InChI=1S/C13H17O.3C10H13.Sn/c1-2-3-4-8-11-13(14)12-9-6-5-7-10-12;3*1-10(2,3)9-7-5-4-6-8-9;/h5-7,9-11,13-14H,2-4H2,1H3;3*4-8H,1H2,2-3H3;. The van der Waals surface area contributed by atoms with E-state index in [4.69, 9.17) is 0 Å². The normalized spacial score (nSPS) is 13.9. The molecule has 0 saturated carbocycles. The van der Waals surface area contributed by atoms with Crippen molar-refractivity contribution in [3.8, 4) is 0 Å². The molecule has 0 fully saturated rings. The van der Waals surface area contributed by atoms with Gasteiger partial charge in [-0.2, -0.15) is 0 Å². The molecule has 2 heteroatoms. The Morgan fingerprint density at radius 3 is 1.24 bits per heavy atom. The Labute approximate surface area is 278 Å². The van der Waals surface area contributed by atoms with Crippen molar-refractivity contribution < 1.29 is 5.11 Å². The second kappa shape index (κ2) is 15.3. The fraction of sp³-hybridized carbons (Fsp3) is 0.395. The van der Waals surface area contributed by atoms with Crippen molar-refractivity contribution in [3.63, 3.8) is 0 Å². The van der Waals surface area contributed by atoms with Gasteiger partial charge >= 0.3 is 280 Å². The maximum atomic E-state index is 11.9. The van der Waals surface area contributed by atoms with Gasteiger partial charge in [0.1, 0.15) is 0 Å². The van der Waals surface area contributed by atoms with E-state index in [1.165, 1.54) is 30.0 Å². The van der Waals surface area contributed by atoms with Crippen LogP contribution in [0.2, 0.25) is 13.3 Å². The van der Waals surface area contributed by atoms with Gasteiger partial charge in [-0.05, 0) is 0 Å². The van der Waals surface area contributed by atoms with Gasteiger partial charge in [-0.3, -0.25) is 0 Å². The summed E-state index contributed by atoms with van der Waals surface area (Å²) in [6.45, 7) is 17.2. The Morgan fingerprint density at radius 2 is 0.911 bits per heavy atom. The van der Waals surface area contributed by atoms with Crippen LogP contribution in [0.5, 0.6) is 0 Å². The first kappa shape index (κ1) is 35.2. The molecule has 4 aromatic rings. The summed E-state index contributed by atoms with van der Waals surface area (Å²) in [6, 6.07) is 43.8. The zero-order valence-electron chi connectivity index (χ0n) is 28.9. The number of aliphatic hydroxyl groups excluding tert-OH is 1. The van der Waals surface area contributed by atoms with Crippen LogP contribution in [0.4, 0.5) is 0 Å². The Balaban J connectivity index is 1.99. The van der Waals surface area contributed by atoms with Crippen LogP contribution in [0.15, 0.2) is 131 Å². The molecule has 238 valence electrons. The summed E-state index contributed by atoms with van der Waals surface area (Å²) in [4.78, 5) is 0. The van der Waals surface area contributed by atoms with Gasteiger partial charge in [-0.15, -0.1) is 0 Å². The Hall–Kier alpha value is -2.62. The van der Waals surface area contributed by atoms with Gasteiger partial charge in [-0.1, -0.05) is 0 Å². The summed E-state index contributed by atoms with van der Waals surface area (Å²) < 4.78 is 5.18. The molecule has 0 saturated heterocycles. The van der Waals surface area contributed by atoms with Crippen molar-refractivity contribution in [2.75, 3.05) is 0 Å². The number of hydrogen-bond donors (Lipinski definition) is 1. The third kappa shape index (κ3) is 9.23. The van der Waals surface area contributed by atoms with Gasteiger partial charge in [0.2, 0.25) is 0 Å². The SMILES string of the molecule is CCCC/[C](=C\C(O)c1ccccc1)[Sn]([CH2]C(C)(C)c1ccccc1)([CH2]C(C)(C)c1ccccc1)[CH2]C(C)(C)c1ccccc1. The van der Waals surface area contributed by atoms with Gasteiger partial charge in [0.05, 0.1) is 0 Å². The molecule has 0 aliphatic rings. The molecule has 1 unspecified atom stereocenters. The van der Waals surface area contributed by atoms with Crippen LogP contribution in [0.3, 0.4) is 0 Å². The van der Waals surface area contributed by atoms with Crippen LogP contribution in [0.25, 0.3) is 0 Å². The van der Waals surface area contributed by atoms with E-state index >= 15 is 0 Å². The van der Waals surface area contributed by atoms with Crippen molar-refractivity contribution in [2.45, 2.75) is 103 Å². The van der Waals surface area contributed by atoms with Crippen LogP contribution in [-0.4, -0.2) is 23.5 Å². The van der Waals surface area contributed by atoms with Gasteiger partial charge in [0.15, 0.2) is 0 Å². The van der Waals surface area contributed by atoms with Crippen molar-refractivity contribution in [2.24, 2.45) is 0 Å². The topological polar surface area (TPSA) is 20.2 Å². The molecule has 0 bridgehead atoms. The molecule has 1 atom stereocenters. The molecule has 45 heavy (non-hydrogen) atoms. The number of unbranched alkanes of at least 4 members (excludes halogenated alkanes) is 1. The number of benzene rings is 4. The van der Waals surface area contributed by atoms with Crippen LogP contribution < -0.4 is 0 Å². The number of rotatable bonds is 15. The molecule has 4 rings (SSSR count). The fourth-order valence-corrected chi connectivity index (χ4v) is 30.6. The van der Waals surface area contributed by atoms with Gasteiger partial charge < -0.3 is 0 Å². The molecule has 0 aliphatic carbocycles. The third-order valence-corrected chi connectivity index (χ3v) is 28.4. The molecule has 4 aromatic carbocycles. The summed E-state index contributed by atoms with van der Waals surface area (Å²) in [5, 5.41) is 11.9. The molecule has 0 aromatic heterocycles. The molecule has 1 N–H and O–H groups in total. The van der Waals surface area contributed by atoms with E-state index in [0.717, 1.165) is 24.8 Å². The minimum atomic E-state index is -3.54. The Bertz CT molecular complexity index is 1340. The molecule has 0 radical (unpaired) electrons. The van der Waals surface area contributed by atoms with Crippen molar-refractivity contribution in [1.82, 2.24) is 0 Å². The zero-order chi connectivity index (χ0) is 32.6. The van der Waals surface area contributed by atoms with E-state index in [1.807, 2.05) is 18.2 Å². The van der Waals surface area contributed by atoms with Crippen LogP contribution in [0.1, 0.15) is 96.1 Å². The molecular weight excluding hydrogens is 651 g/mol. The molecule has 0 spiro atoms. The first-order valence-corrected chi connectivity index (χ1v) is 24.5. The van der Waals surface area contributed by atoms with Crippen molar-refractivity contribution in [3.05, 3.63) is 153 Å². The van der Waals surface area contributed by atoms with Crippen LogP contribution in [0, 0.1) is 0 Å². The summed E-state index contributed by atoms with van der Waals surface area (Å²) in [7, 11) is 0. The monoisotopic (exact) mass is 708 g/mol. The fourth-order valence-electron chi connectivity index (χ4n) is 7.87. The predicted octanol–water partition coefficient (Wildman–Crippen LogP) is 11.8. The number of hydrogen-bond acceptors (Lipinski definition) is 1. The quantitative estimate of drug-likeness (QED) is 0.122. The molecule has 1 nitrogen and oxygen atoms in total. The Kier molecular flexibility index (Phi) is 12.0. The van der Waals surface area contributed by atoms with Crippen molar-refractivity contribution in [1.29, 1.82) is 0 Å². The second-order valence-corrected chi connectivity index (χ2v) is 27.4. The Morgan fingerprint density at radius 1 is 0.578 bits per heavy atom. The zero-order valence-corrected chi connectivity index (χ0v) is 31.7. The van der Waals surface area contributed by atoms with E-state index in [2.05, 4.69) is 158 Å². The molecular formula is C43H56OSn. The number of aliphatic hydroxyl groups is 1. The maximum absolute atomic E-state index is 11.9. The average molecular weight is 708 g/mol. The van der Waals surface area contributed by atoms with E-state index in [9.17, 15) is 5.11 Å². The van der Waals surface area contributed by atoms with Gasteiger partial charge in [0.25, 0.3) is 0 Å². The van der Waals surface area contributed by atoms with Crippen LogP contribution >= 0.6 is 0 Å². The summed E-state index contributed by atoms with van der Waals surface area (Å²) in [5.41, 5.74) is 5.23. The predicted molar refractivity (Wildman–Crippen MR) is 198 cm³/mol. The van der Waals surface area contributed by atoms with Crippen molar-refractivity contribution >= 4 is 18.4 Å². The van der Waals surface area contributed by atoms with Gasteiger partial charge in [-0.25, -0.2) is 0 Å². The van der Waals surface area contributed by atoms with Crippen LogP contribution in [-0.2, 0) is 16.2 Å². The number of allylic oxidation sites excluding steroid dienone is 1. The van der Waals surface area contributed by atoms with E-state index in [-0.39, 0.29) is 16.2 Å². The van der Waals surface area contributed by atoms with E-state index in [0.29, 0.717) is 0 Å². The summed E-state index contributed by atoms with van der Waals surface area (Å²) in [6.07, 6.45) is 5.09. The summed E-state index contributed by atoms with van der Waals surface area (Å²) in [5.74, 6) is 0. The first-order chi connectivity index (χ1) is 21.4. The molecule has 0 aliphatic heterocycles.